The smallest absolute Gasteiger partial charge is 0.305 e. The Bertz CT molecular complexity index is 213. The van der Waals surface area contributed by atoms with E-state index < -0.39 is 0 Å². The molecule has 0 saturated heterocycles. The van der Waals surface area contributed by atoms with E-state index in [4.69, 9.17) is 4.74 Å². The van der Waals surface area contributed by atoms with Crippen molar-refractivity contribution in [1.29, 1.82) is 0 Å². The van der Waals surface area contributed by atoms with E-state index in [0.29, 0.717) is 18.9 Å². The van der Waals surface area contributed by atoms with Crippen LogP contribution in [0.3, 0.4) is 0 Å². The first kappa shape index (κ1) is 18.5. The summed E-state index contributed by atoms with van der Waals surface area (Å²) in [7, 11) is 0. The number of rotatable bonds is 12. The van der Waals surface area contributed by atoms with Crippen molar-refractivity contribution in [2.24, 2.45) is 11.8 Å². The fraction of sp³-hybridized carbons (Fsp3) is 0.941. The molecule has 0 aliphatic carbocycles. The lowest BCUT2D eigenvalue weighted by Crippen LogP contribution is -2.16. The van der Waals surface area contributed by atoms with E-state index in [1.807, 2.05) is 0 Å². The average Bonchev–Trinajstić information content (AvgIpc) is 2.37. The zero-order valence-corrected chi connectivity index (χ0v) is 13.5. The first-order chi connectivity index (χ1) is 9.13. The highest BCUT2D eigenvalue weighted by atomic mass is 16.5. The van der Waals surface area contributed by atoms with E-state index in [1.54, 1.807) is 0 Å². The lowest BCUT2D eigenvalue weighted by Gasteiger charge is -2.20. The fourth-order valence-electron chi connectivity index (χ4n) is 2.66. The van der Waals surface area contributed by atoms with Crippen molar-refractivity contribution in [3.05, 3.63) is 0 Å². The van der Waals surface area contributed by atoms with E-state index in [9.17, 15) is 4.79 Å². The maximum atomic E-state index is 11.6. The van der Waals surface area contributed by atoms with Crippen LogP contribution >= 0.6 is 0 Å². The zero-order valence-electron chi connectivity index (χ0n) is 13.5. The maximum Gasteiger partial charge on any atom is 0.305 e. The molecule has 0 radical (unpaired) electrons. The molecule has 0 rings (SSSR count). The molecule has 19 heavy (non-hydrogen) atoms. The summed E-state index contributed by atoms with van der Waals surface area (Å²) in [5, 5.41) is 0. The number of carbonyl (C=O) groups excluding carboxylic acids is 1. The summed E-state index contributed by atoms with van der Waals surface area (Å²) in [6, 6.07) is 0. The number of carbonyl (C=O) groups is 1. The van der Waals surface area contributed by atoms with Gasteiger partial charge in [0, 0.05) is 6.42 Å². The van der Waals surface area contributed by atoms with E-state index in [-0.39, 0.29) is 5.97 Å². The van der Waals surface area contributed by atoms with Crippen molar-refractivity contribution in [2.45, 2.75) is 85.5 Å². The molecule has 0 fully saturated rings. The van der Waals surface area contributed by atoms with Crippen LogP contribution in [0.15, 0.2) is 0 Å². The molecule has 0 aliphatic rings. The Morgan fingerprint density at radius 3 is 2.26 bits per heavy atom. The molecule has 0 heterocycles. The Hall–Kier alpha value is -0.530. The molecule has 0 aliphatic heterocycles. The van der Waals surface area contributed by atoms with Crippen LogP contribution in [0.4, 0.5) is 0 Å². The number of unbranched alkanes of at least 4 members (excludes halogenated alkanes) is 2. The molecule has 2 atom stereocenters. The van der Waals surface area contributed by atoms with Gasteiger partial charge < -0.3 is 4.74 Å². The van der Waals surface area contributed by atoms with Gasteiger partial charge in [-0.15, -0.1) is 0 Å². The second kappa shape index (κ2) is 12.5. The summed E-state index contributed by atoms with van der Waals surface area (Å²) in [5.74, 6) is 1.31. The third-order valence-electron chi connectivity index (χ3n) is 3.68. The number of hydrogen-bond donors (Lipinski definition) is 0. The van der Waals surface area contributed by atoms with E-state index in [2.05, 4.69) is 27.7 Å². The molecule has 0 aromatic heterocycles. The SMILES string of the molecule is CCCCCC(=O)OCC(CCC)CC(C)CCC. The van der Waals surface area contributed by atoms with E-state index in [0.717, 1.165) is 25.2 Å². The minimum Gasteiger partial charge on any atom is -0.465 e. The molecule has 0 aromatic carbocycles. The molecule has 114 valence electrons. The van der Waals surface area contributed by atoms with Gasteiger partial charge in [0.2, 0.25) is 0 Å². The summed E-state index contributed by atoms with van der Waals surface area (Å²) in [4.78, 5) is 11.6. The van der Waals surface area contributed by atoms with Crippen molar-refractivity contribution in [3.8, 4) is 0 Å². The summed E-state index contributed by atoms with van der Waals surface area (Å²) < 4.78 is 5.44. The van der Waals surface area contributed by atoms with Gasteiger partial charge in [0.1, 0.15) is 0 Å². The van der Waals surface area contributed by atoms with Crippen molar-refractivity contribution in [1.82, 2.24) is 0 Å². The Morgan fingerprint density at radius 1 is 1.00 bits per heavy atom. The normalized spacial score (nSPS) is 14.1. The third kappa shape index (κ3) is 11.0. The Balaban J connectivity index is 3.88. The number of hydrogen-bond acceptors (Lipinski definition) is 2. The molecule has 0 N–H and O–H groups in total. The van der Waals surface area contributed by atoms with Gasteiger partial charge >= 0.3 is 5.97 Å². The molecule has 0 spiro atoms. The van der Waals surface area contributed by atoms with Gasteiger partial charge in [-0.2, -0.15) is 0 Å². The van der Waals surface area contributed by atoms with Crippen LogP contribution in [0.1, 0.15) is 85.5 Å². The van der Waals surface area contributed by atoms with Gasteiger partial charge in [-0.25, -0.2) is 0 Å². The molecule has 2 unspecified atom stereocenters. The van der Waals surface area contributed by atoms with Crippen LogP contribution in [-0.2, 0) is 9.53 Å². The van der Waals surface area contributed by atoms with E-state index in [1.165, 1.54) is 32.1 Å². The standard InChI is InChI=1S/C17H34O2/c1-5-8-9-12-17(18)19-14-16(11-7-3)13-15(4)10-6-2/h15-16H,5-14H2,1-4H3. The molecule has 0 saturated carbocycles. The highest BCUT2D eigenvalue weighted by molar-refractivity contribution is 5.69. The summed E-state index contributed by atoms with van der Waals surface area (Å²) in [6.07, 6.45) is 9.93. The van der Waals surface area contributed by atoms with Crippen LogP contribution < -0.4 is 0 Å². The zero-order chi connectivity index (χ0) is 14.5. The first-order valence-electron chi connectivity index (χ1n) is 8.29. The molecular weight excluding hydrogens is 236 g/mol. The lowest BCUT2D eigenvalue weighted by molar-refractivity contribution is -0.145. The highest BCUT2D eigenvalue weighted by Crippen LogP contribution is 2.21. The third-order valence-corrected chi connectivity index (χ3v) is 3.68. The predicted molar refractivity (Wildman–Crippen MR) is 82.2 cm³/mol. The monoisotopic (exact) mass is 270 g/mol. The highest BCUT2D eigenvalue weighted by Gasteiger charge is 2.14. The number of esters is 1. The van der Waals surface area contributed by atoms with Gasteiger partial charge in [-0.3, -0.25) is 4.79 Å². The average molecular weight is 270 g/mol. The predicted octanol–water partition coefficient (Wildman–Crippen LogP) is 5.35. The lowest BCUT2D eigenvalue weighted by atomic mass is 9.90. The van der Waals surface area contributed by atoms with Crippen molar-refractivity contribution < 1.29 is 9.53 Å². The van der Waals surface area contributed by atoms with Crippen molar-refractivity contribution >= 4 is 5.97 Å². The maximum absolute atomic E-state index is 11.6. The Morgan fingerprint density at radius 2 is 1.68 bits per heavy atom. The van der Waals surface area contributed by atoms with Crippen molar-refractivity contribution in [2.75, 3.05) is 6.61 Å². The molecular formula is C17H34O2. The molecule has 0 bridgehead atoms. The summed E-state index contributed by atoms with van der Waals surface area (Å²) >= 11 is 0. The summed E-state index contributed by atoms with van der Waals surface area (Å²) in [6.45, 7) is 9.54. The van der Waals surface area contributed by atoms with Crippen LogP contribution in [0.25, 0.3) is 0 Å². The van der Waals surface area contributed by atoms with Gasteiger partial charge in [0.25, 0.3) is 0 Å². The molecule has 2 heteroatoms. The van der Waals surface area contributed by atoms with Crippen LogP contribution in [0.2, 0.25) is 0 Å². The Kier molecular flexibility index (Phi) is 12.2. The van der Waals surface area contributed by atoms with Crippen molar-refractivity contribution in [3.63, 3.8) is 0 Å². The van der Waals surface area contributed by atoms with Gasteiger partial charge in [0.15, 0.2) is 0 Å². The Labute approximate surface area is 120 Å². The molecule has 0 amide bonds. The van der Waals surface area contributed by atoms with Gasteiger partial charge in [0.05, 0.1) is 6.61 Å². The summed E-state index contributed by atoms with van der Waals surface area (Å²) in [5.41, 5.74) is 0. The number of ether oxygens (including phenoxy) is 1. The van der Waals surface area contributed by atoms with Gasteiger partial charge in [-0.05, 0) is 31.1 Å². The van der Waals surface area contributed by atoms with Gasteiger partial charge in [-0.1, -0.05) is 59.8 Å². The van der Waals surface area contributed by atoms with Crippen LogP contribution in [0.5, 0.6) is 0 Å². The van der Waals surface area contributed by atoms with Crippen LogP contribution in [0, 0.1) is 11.8 Å². The van der Waals surface area contributed by atoms with Crippen LogP contribution in [-0.4, -0.2) is 12.6 Å². The second-order valence-electron chi connectivity index (χ2n) is 5.92. The molecule has 0 aromatic rings. The minimum atomic E-state index is -0.00213. The quantitative estimate of drug-likeness (QED) is 0.353. The second-order valence-corrected chi connectivity index (χ2v) is 5.92. The fourth-order valence-corrected chi connectivity index (χ4v) is 2.66. The topological polar surface area (TPSA) is 26.3 Å². The minimum absolute atomic E-state index is 0.00213. The first-order valence-corrected chi connectivity index (χ1v) is 8.29. The molecule has 2 nitrogen and oxygen atoms in total. The van der Waals surface area contributed by atoms with E-state index >= 15 is 0 Å². The largest absolute Gasteiger partial charge is 0.465 e.